The molecule has 54 heavy (non-hydrogen) atoms. The fourth-order valence-electron chi connectivity index (χ4n) is 15.4. The van der Waals surface area contributed by atoms with Crippen molar-refractivity contribution in [1.29, 1.82) is 0 Å². The largest absolute Gasteiger partial charge is 0.462 e. The zero-order valence-electron chi connectivity index (χ0n) is 35.7. The lowest BCUT2D eigenvalue weighted by atomic mass is 9.32. The Hall–Kier alpha value is -2.18. The van der Waals surface area contributed by atoms with E-state index in [-0.39, 0.29) is 68.9 Å². The molecule has 1 aliphatic heterocycles. The summed E-state index contributed by atoms with van der Waals surface area (Å²) >= 11 is 0. The van der Waals surface area contributed by atoms with E-state index in [2.05, 4.69) is 72.2 Å². The zero-order chi connectivity index (χ0) is 39.4. The van der Waals surface area contributed by atoms with Gasteiger partial charge >= 0.3 is 5.97 Å². The maximum Gasteiger partial charge on any atom is 0.307 e. The van der Waals surface area contributed by atoms with E-state index in [1.54, 1.807) is 13.8 Å². The summed E-state index contributed by atoms with van der Waals surface area (Å²) in [7, 11) is 0. The third kappa shape index (κ3) is 5.74. The lowest BCUT2D eigenvalue weighted by molar-refractivity contribution is -0.249. The molecule has 7 heteroatoms. The Morgan fingerprint density at radius 3 is 2.15 bits per heavy atom. The molecule has 1 heterocycles. The van der Waals surface area contributed by atoms with Crippen LogP contribution in [0.1, 0.15) is 159 Å². The highest BCUT2D eigenvalue weighted by Gasteiger charge is 2.72. The number of aldehydes is 1. The average molecular weight is 747 g/mol. The van der Waals surface area contributed by atoms with Gasteiger partial charge in [-0.1, -0.05) is 74.5 Å². The molecule has 6 aliphatic carbocycles. The summed E-state index contributed by atoms with van der Waals surface area (Å²) in [5.41, 5.74) is 0.171. The van der Waals surface area contributed by atoms with E-state index >= 15 is 0 Å². The van der Waals surface area contributed by atoms with Crippen LogP contribution < -0.4 is 5.32 Å². The Morgan fingerprint density at radius 1 is 0.833 bits per heavy atom. The molecule has 0 bridgehead atoms. The van der Waals surface area contributed by atoms with Crippen LogP contribution in [0.15, 0.2) is 12.2 Å². The molecule has 5 unspecified atom stereocenters. The third-order valence-corrected chi connectivity index (χ3v) is 18.9. The molecule has 0 aromatic carbocycles. The van der Waals surface area contributed by atoms with Gasteiger partial charge in [0, 0.05) is 35.9 Å². The summed E-state index contributed by atoms with van der Waals surface area (Å²) in [6.45, 7) is 29.1. The van der Waals surface area contributed by atoms with Gasteiger partial charge in [-0.2, -0.15) is 0 Å². The maximum absolute atomic E-state index is 15.0. The Kier molecular flexibility index (Phi) is 9.77. The fraction of sp³-hybridized carbons (Fsp3) is 0.872. The summed E-state index contributed by atoms with van der Waals surface area (Å²) in [4.78, 5) is 55.1. The van der Waals surface area contributed by atoms with E-state index < -0.39 is 5.41 Å². The number of fused-ring (bicyclic) bond motifs is 7. The summed E-state index contributed by atoms with van der Waals surface area (Å²) in [6.07, 6.45) is 14.4. The van der Waals surface area contributed by atoms with Crippen LogP contribution in [0, 0.1) is 73.4 Å². The minimum Gasteiger partial charge on any atom is -0.462 e. The number of amides is 2. The summed E-state index contributed by atoms with van der Waals surface area (Å²) in [5, 5.41) is 3.64. The maximum atomic E-state index is 15.0. The number of nitrogens with zero attached hydrogens (tertiary/aromatic N) is 1. The van der Waals surface area contributed by atoms with Gasteiger partial charge in [-0.15, -0.1) is 0 Å². The minimum atomic E-state index is -0.712. The summed E-state index contributed by atoms with van der Waals surface area (Å²) in [6, 6.07) is 0.0338. The van der Waals surface area contributed by atoms with Crippen LogP contribution in [0.25, 0.3) is 0 Å². The third-order valence-electron chi connectivity index (χ3n) is 18.9. The molecule has 1 N–H and O–H groups in total. The Morgan fingerprint density at radius 2 is 1.52 bits per heavy atom. The zero-order valence-corrected chi connectivity index (χ0v) is 35.7. The van der Waals surface area contributed by atoms with Crippen molar-refractivity contribution < 1.29 is 23.9 Å². The van der Waals surface area contributed by atoms with E-state index in [0.29, 0.717) is 35.5 Å². The van der Waals surface area contributed by atoms with Gasteiger partial charge in [0.2, 0.25) is 11.8 Å². The summed E-state index contributed by atoms with van der Waals surface area (Å²) < 4.78 is 6.25. The smallest absolute Gasteiger partial charge is 0.307 e. The number of likely N-dealkylation sites (tertiary alicyclic amines) is 1. The van der Waals surface area contributed by atoms with Crippen molar-refractivity contribution in [3.8, 4) is 0 Å². The fourth-order valence-corrected chi connectivity index (χ4v) is 15.4. The van der Waals surface area contributed by atoms with E-state index in [1.807, 2.05) is 0 Å². The van der Waals surface area contributed by atoms with Crippen molar-refractivity contribution in [3.63, 3.8) is 0 Å². The standard InChI is InChI=1S/C47H74N2O5/c1-29(2)30-16-21-47(40(53)48-35-26-32(42(35,5)6)39(52)49-24-12-13-25-49)23-22-45(10)31(38(30)47)14-15-34-44(9)19-18-36(54-37(51)27-41(3,4)28-50)43(7,8)33(44)17-20-46(34,45)11/h28,30-36,38H,1,12-27H2,2-11H3,(H,48,53)/t30-,31?,32+,33?,34?,35?,36-,38?,44-,45+,46+,47-/m0/s1. The number of carbonyl (C=O) groups excluding carboxylic acids is 4. The van der Waals surface area contributed by atoms with Crippen LogP contribution in [0.4, 0.5) is 0 Å². The van der Waals surface area contributed by atoms with Gasteiger partial charge in [0.25, 0.3) is 0 Å². The van der Waals surface area contributed by atoms with Crippen molar-refractivity contribution in [2.75, 3.05) is 13.1 Å². The lowest BCUT2D eigenvalue weighted by Crippen LogP contribution is -2.68. The number of nitrogens with one attached hydrogen (secondary N) is 1. The van der Waals surface area contributed by atoms with Gasteiger partial charge < -0.3 is 19.7 Å². The van der Waals surface area contributed by atoms with Crippen LogP contribution in [0.2, 0.25) is 0 Å². The van der Waals surface area contributed by atoms with E-state index in [4.69, 9.17) is 4.74 Å². The number of hydrogen-bond donors (Lipinski definition) is 1. The molecule has 7 nitrogen and oxygen atoms in total. The molecule has 12 atom stereocenters. The second-order valence-corrected chi connectivity index (χ2v) is 22.6. The second kappa shape index (κ2) is 13.2. The van der Waals surface area contributed by atoms with Crippen LogP contribution >= 0.6 is 0 Å². The van der Waals surface area contributed by atoms with Crippen LogP contribution in [-0.4, -0.2) is 54.2 Å². The van der Waals surface area contributed by atoms with Crippen molar-refractivity contribution >= 4 is 24.1 Å². The second-order valence-electron chi connectivity index (χ2n) is 22.6. The van der Waals surface area contributed by atoms with Crippen LogP contribution in [-0.2, 0) is 23.9 Å². The number of esters is 1. The molecule has 6 saturated carbocycles. The van der Waals surface area contributed by atoms with Gasteiger partial charge in [0.05, 0.1) is 11.8 Å². The van der Waals surface area contributed by atoms with Crippen molar-refractivity contribution in [2.45, 2.75) is 171 Å². The van der Waals surface area contributed by atoms with E-state index in [9.17, 15) is 19.2 Å². The van der Waals surface area contributed by atoms with Crippen LogP contribution in [0.3, 0.4) is 0 Å². The van der Waals surface area contributed by atoms with Crippen molar-refractivity contribution in [3.05, 3.63) is 12.2 Å². The molecule has 0 spiro atoms. The predicted molar refractivity (Wildman–Crippen MR) is 213 cm³/mol. The van der Waals surface area contributed by atoms with Crippen molar-refractivity contribution in [2.24, 2.45) is 73.4 Å². The van der Waals surface area contributed by atoms with E-state index in [1.165, 1.54) is 18.4 Å². The van der Waals surface area contributed by atoms with Gasteiger partial charge in [0.1, 0.15) is 12.4 Å². The van der Waals surface area contributed by atoms with Gasteiger partial charge in [0.15, 0.2) is 0 Å². The first-order chi connectivity index (χ1) is 25.1. The average Bonchev–Trinajstić information content (AvgIpc) is 3.77. The number of hydrogen-bond acceptors (Lipinski definition) is 5. The normalized spacial score (nSPS) is 44.7. The minimum absolute atomic E-state index is 0.0102. The van der Waals surface area contributed by atoms with E-state index in [0.717, 1.165) is 90.0 Å². The molecule has 7 aliphatic rings. The molecule has 7 rings (SSSR count). The number of ether oxygens (including phenoxy) is 1. The number of allylic oxidation sites excluding steroid dienone is 1. The molecular formula is C47H74N2O5. The monoisotopic (exact) mass is 747 g/mol. The first-order valence-electron chi connectivity index (χ1n) is 22.0. The molecule has 302 valence electrons. The van der Waals surface area contributed by atoms with Gasteiger partial charge in [-0.25, -0.2) is 0 Å². The first-order valence-corrected chi connectivity index (χ1v) is 22.0. The molecule has 1 saturated heterocycles. The van der Waals surface area contributed by atoms with Gasteiger partial charge in [-0.05, 0) is 142 Å². The Labute approximate surface area is 327 Å². The Balaban J connectivity index is 1.11. The predicted octanol–water partition coefficient (Wildman–Crippen LogP) is 9.32. The summed E-state index contributed by atoms with van der Waals surface area (Å²) in [5.74, 6) is 2.43. The number of carbonyl (C=O) groups is 4. The molecular weight excluding hydrogens is 673 g/mol. The highest BCUT2D eigenvalue weighted by atomic mass is 16.5. The first kappa shape index (κ1) is 40.0. The van der Waals surface area contributed by atoms with Crippen molar-refractivity contribution in [1.82, 2.24) is 10.2 Å². The SMILES string of the molecule is C=C(C)[C@@H]1CC[C@]2(C(=O)NC3C[C@H](C(=O)N4CCCC4)C3(C)C)CC[C@]3(C)C(CCC4[C@@]5(C)CC[C@H](OC(=O)CC(C)(C)C=O)C(C)(C)C5CC[C@]43C)C12. The Bertz CT molecular complexity index is 1560. The quantitative estimate of drug-likeness (QED) is 0.152. The molecule has 0 aromatic heterocycles. The highest BCUT2D eigenvalue weighted by Crippen LogP contribution is 2.77. The lowest BCUT2D eigenvalue weighted by Gasteiger charge is -2.73. The molecule has 0 aromatic rings. The van der Waals surface area contributed by atoms with Gasteiger partial charge in [-0.3, -0.25) is 14.4 Å². The molecule has 2 amide bonds. The number of rotatable bonds is 8. The molecule has 7 fully saturated rings. The highest BCUT2D eigenvalue weighted by molar-refractivity contribution is 5.86. The topological polar surface area (TPSA) is 92.8 Å². The van der Waals surface area contributed by atoms with Crippen LogP contribution in [0.5, 0.6) is 0 Å². The molecule has 0 radical (unpaired) electrons.